The lowest BCUT2D eigenvalue weighted by atomic mass is 9.99. The fraction of sp³-hybridized carbons (Fsp3) is 0.333. The van der Waals surface area contributed by atoms with E-state index in [4.69, 9.17) is 5.84 Å². The third kappa shape index (κ3) is 3.14. The van der Waals surface area contributed by atoms with Gasteiger partial charge in [0.15, 0.2) is 0 Å². The number of nitrogens with one attached hydrogen (secondary N) is 1. The van der Waals surface area contributed by atoms with Crippen molar-refractivity contribution in [2.45, 2.75) is 18.6 Å². The van der Waals surface area contributed by atoms with Crippen LogP contribution >= 0.6 is 0 Å². The molecule has 0 aliphatic rings. The zero-order valence-electron chi connectivity index (χ0n) is 10.7. The lowest BCUT2D eigenvalue weighted by molar-refractivity contribution is -0.138. The van der Waals surface area contributed by atoms with Crippen LogP contribution in [0.3, 0.4) is 0 Å². The molecular formula is C12H14F3N5. The molecule has 0 amide bonds. The van der Waals surface area contributed by atoms with Crippen LogP contribution in [0.4, 0.5) is 13.2 Å². The summed E-state index contributed by atoms with van der Waals surface area (Å²) in [6.07, 6.45) is -2.70. The number of aryl methyl sites for hydroxylation is 1. The predicted molar refractivity (Wildman–Crippen MR) is 66.2 cm³/mol. The van der Waals surface area contributed by atoms with Gasteiger partial charge in [0.2, 0.25) is 0 Å². The molecule has 0 saturated carbocycles. The SMILES string of the molecule is Cn1cc(C(Cc2ccccc2C(F)(F)F)NN)nn1. The van der Waals surface area contributed by atoms with E-state index < -0.39 is 17.8 Å². The van der Waals surface area contributed by atoms with Crippen LogP contribution in [-0.2, 0) is 19.6 Å². The molecular weight excluding hydrogens is 271 g/mol. The first kappa shape index (κ1) is 14.5. The Morgan fingerprint density at radius 3 is 2.60 bits per heavy atom. The fourth-order valence-corrected chi connectivity index (χ4v) is 1.97. The molecule has 1 unspecified atom stereocenters. The van der Waals surface area contributed by atoms with Gasteiger partial charge in [-0.2, -0.15) is 13.2 Å². The van der Waals surface area contributed by atoms with E-state index in [-0.39, 0.29) is 12.0 Å². The Labute approximate surface area is 113 Å². The molecule has 8 heteroatoms. The molecule has 20 heavy (non-hydrogen) atoms. The highest BCUT2D eigenvalue weighted by molar-refractivity contribution is 5.31. The molecule has 0 aliphatic carbocycles. The third-order valence-corrected chi connectivity index (χ3v) is 2.93. The highest BCUT2D eigenvalue weighted by Gasteiger charge is 2.33. The Morgan fingerprint density at radius 1 is 1.35 bits per heavy atom. The number of alkyl halides is 3. The molecule has 0 bridgehead atoms. The van der Waals surface area contributed by atoms with Gasteiger partial charge in [0.25, 0.3) is 0 Å². The van der Waals surface area contributed by atoms with Gasteiger partial charge in [0.05, 0.1) is 11.6 Å². The van der Waals surface area contributed by atoms with Gasteiger partial charge in [-0.05, 0) is 18.1 Å². The second-order valence-corrected chi connectivity index (χ2v) is 4.40. The van der Waals surface area contributed by atoms with Gasteiger partial charge >= 0.3 is 6.18 Å². The van der Waals surface area contributed by atoms with Crippen LogP contribution in [0.25, 0.3) is 0 Å². The summed E-state index contributed by atoms with van der Waals surface area (Å²) < 4.78 is 40.2. The standard InChI is InChI=1S/C12H14F3N5/c1-20-7-11(18-19-20)10(17-16)6-8-4-2-3-5-9(8)12(13,14)15/h2-5,7,10,17H,6,16H2,1H3. The molecule has 1 aromatic carbocycles. The van der Waals surface area contributed by atoms with Crippen molar-refractivity contribution in [2.24, 2.45) is 12.9 Å². The van der Waals surface area contributed by atoms with Gasteiger partial charge in [-0.15, -0.1) is 5.10 Å². The highest BCUT2D eigenvalue weighted by Crippen LogP contribution is 2.33. The number of rotatable bonds is 4. The van der Waals surface area contributed by atoms with Gasteiger partial charge in [0.1, 0.15) is 5.69 Å². The number of aromatic nitrogens is 3. The number of nitrogens with two attached hydrogens (primary N) is 1. The average molecular weight is 285 g/mol. The summed E-state index contributed by atoms with van der Waals surface area (Å²) in [7, 11) is 1.67. The minimum Gasteiger partial charge on any atom is -0.271 e. The molecule has 1 atom stereocenters. The third-order valence-electron chi connectivity index (χ3n) is 2.93. The monoisotopic (exact) mass is 285 g/mol. The van der Waals surface area contributed by atoms with Gasteiger partial charge < -0.3 is 0 Å². The lowest BCUT2D eigenvalue weighted by Crippen LogP contribution is -2.30. The summed E-state index contributed by atoms with van der Waals surface area (Å²) >= 11 is 0. The Morgan fingerprint density at radius 2 is 2.05 bits per heavy atom. The van der Waals surface area contributed by atoms with Crippen LogP contribution in [0.5, 0.6) is 0 Å². The average Bonchev–Trinajstić information content (AvgIpc) is 2.82. The zero-order valence-corrected chi connectivity index (χ0v) is 10.7. The summed E-state index contributed by atoms with van der Waals surface area (Å²) in [5, 5.41) is 7.61. The number of benzene rings is 1. The van der Waals surface area contributed by atoms with Crippen LogP contribution in [0.15, 0.2) is 30.5 Å². The maximum atomic E-state index is 12.9. The molecule has 0 saturated heterocycles. The van der Waals surface area contributed by atoms with Gasteiger partial charge in [0, 0.05) is 13.2 Å². The molecule has 2 rings (SSSR count). The molecule has 1 heterocycles. The van der Waals surface area contributed by atoms with Crippen LogP contribution in [0.1, 0.15) is 22.9 Å². The van der Waals surface area contributed by atoms with Crippen LogP contribution in [0.2, 0.25) is 0 Å². The molecule has 0 radical (unpaired) electrons. The van der Waals surface area contributed by atoms with Gasteiger partial charge in [-0.25, -0.2) is 0 Å². The number of hydrogen-bond acceptors (Lipinski definition) is 4. The van der Waals surface area contributed by atoms with Gasteiger partial charge in [-0.1, -0.05) is 23.4 Å². The molecule has 1 aromatic heterocycles. The smallest absolute Gasteiger partial charge is 0.271 e. The molecule has 108 valence electrons. The first-order valence-electron chi connectivity index (χ1n) is 5.89. The van der Waals surface area contributed by atoms with Crippen LogP contribution in [-0.4, -0.2) is 15.0 Å². The number of nitrogens with zero attached hydrogens (tertiary/aromatic N) is 3. The summed E-state index contributed by atoms with van der Waals surface area (Å²) in [6.45, 7) is 0. The van der Waals surface area contributed by atoms with E-state index in [2.05, 4.69) is 15.7 Å². The normalized spacial score (nSPS) is 13.4. The molecule has 2 aromatic rings. The van der Waals surface area contributed by atoms with Crippen LogP contribution < -0.4 is 11.3 Å². The first-order chi connectivity index (χ1) is 9.41. The number of halogens is 3. The Hall–Kier alpha value is -1.93. The molecule has 0 spiro atoms. The van der Waals surface area contributed by atoms with Crippen molar-refractivity contribution in [1.29, 1.82) is 0 Å². The van der Waals surface area contributed by atoms with E-state index in [1.807, 2.05) is 0 Å². The first-order valence-corrected chi connectivity index (χ1v) is 5.89. The van der Waals surface area contributed by atoms with Crippen molar-refractivity contribution in [3.63, 3.8) is 0 Å². The topological polar surface area (TPSA) is 68.8 Å². The van der Waals surface area contributed by atoms with Gasteiger partial charge in [-0.3, -0.25) is 16.0 Å². The van der Waals surface area contributed by atoms with E-state index in [0.29, 0.717) is 5.69 Å². The minimum absolute atomic E-state index is 0.0743. The van der Waals surface area contributed by atoms with Crippen LogP contribution in [0, 0.1) is 0 Å². The Balaban J connectivity index is 2.29. The van der Waals surface area contributed by atoms with Crippen molar-refractivity contribution in [3.05, 3.63) is 47.3 Å². The molecule has 0 aliphatic heterocycles. The molecule has 0 fully saturated rings. The van der Waals surface area contributed by atoms with E-state index in [1.165, 1.54) is 16.8 Å². The fourth-order valence-electron chi connectivity index (χ4n) is 1.97. The summed E-state index contributed by atoms with van der Waals surface area (Å²) in [6, 6.07) is 4.88. The maximum Gasteiger partial charge on any atom is 0.416 e. The van der Waals surface area contributed by atoms with Crippen molar-refractivity contribution in [2.75, 3.05) is 0 Å². The van der Waals surface area contributed by atoms with E-state index in [0.717, 1.165) is 6.07 Å². The second kappa shape index (κ2) is 5.59. The van der Waals surface area contributed by atoms with Crippen molar-refractivity contribution < 1.29 is 13.2 Å². The molecule has 5 nitrogen and oxygen atoms in total. The zero-order chi connectivity index (χ0) is 14.8. The van der Waals surface area contributed by atoms with Crippen molar-refractivity contribution in [1.82, 2.24) is 20.4 Å². The number of hydrazine groups is 1. The van der Waals surface area contributed by atoms with Crippen molar-refractivity contribution >= 4 is 0 Å². The molecule has 3 N–H and O–H groups in total. The summed E-state index contributed by atoms with van der Waals surface area (Å²) in [5.41, 5.74) is 2.47. The van der Waals surface area contributed by atoms with E-state index in [1.54, 1.807) is 19.3 Å². The number of hydrogen-bond donors (Lipinski definition) is 2. The Kier molecular flexibility index (Phi) is 4.05. The maximum absolute atomic E-state index is 12.9. The largest absolute Gasteiger partial charge is 0.416 e. The minimum atomic E-state index is -4.39. The lowest BCUT2D eigenvalue weighted by Gasteiger charge is -2.17. The quantitative estimate of drug-likeness (QED) is 0.661. The summed E-state index contributed by atoms with van der Waals surface area (Å²) in [4.78, 5) is 0. The van der Waals surface area contributed by atoms with E-state index in [9.17, 15) is 13.2 Å². The van der Waals surface area contributed by atoms with Crippen molar-refractivity contribution in [3.8, 4) is 0 Å². The second-order valence-electron chi connectivity index (χ2n) is 4.40. The highest BCUT2D eigenvalue weighted by atomic mass is 19.4. The summed E-state index contributed by atoms with van der Waals surface area (Å²) in [5.74, 6) is 5.41. The van der Waals surface area contributed by atoms with E-state index >= 15 is 0 Å². The Bertz CT molecular complexity index is 578. The predicted octanol–water partition coefficient (Wildman–Crippen LogP) is 1.58.